The van der Waals surface area contributed by atoms with Crippen LogP contribution < -0.4 is 11.2 Å². The van der Waals surface area contributed by atoms with Crippen molar-refractivity contribution in [3.05, 3.63) is 33.1 Å². The summed E-state index contributed by atoms with van der Waals surface area (Å²) in [5, 5.41) is 0. The van der Waals surface area contributed by atoms with Gasteiger partial charge in [0, 0.05) is 12.3 Å². The molecule has 7 nitrogen and oxygen atoms in total. The summed E-state index contributed by atoms with van der Waals surface area (Å²) in [6, 6.07) is 1.28. The molecule has 0 bridgehead atoms. The Morgan fingerprint density at radius 3 is 2.63 bits per heavy atom. The smallest absolute Gasteiger partial charge is 0.330 e. The Balaban J connectivity index is 1.98. The maximum Gasteiger partial charge on any atom is 0.330 e. The average molecular weight is 268 g/mol. The molecule has 7 heteroatoms. The van der Waals surface area contributed by atoms with Gasteiger partial charge in [0.05, 0.1) is 6.10 Å². The highest BCUT2D eigenvalue weighted by molar-refractivity contribution is 4.97. The summed E-state index contributed by atoms with van der Waals surface area (Å²) in [6.07, 6.45) is 0.0458. The standard InChI is InChI=1S/C12H16N2O5/c1-6-8-9(19-12(2,3)18-8)10(17-6)14-5-4-7(15)13-11(14)16/h4-6,8-10H,1-3H3,(H,13,15,16). The van der Waals surface area contributed by atoms with Crippen LogP contribution in [0, 0.1) is 0 Å². The highest BCUT2D eigenvalue weighted by Gasteiger charge is 2.54. The minimum Gasteiger partial charge on any atom is -0.349 e. The Hall–Kier alpha value is -1.44. The Labute approximate surface area is 109 Å². The minimum atomic E-state index is -0.697. The van der Waals surface area contributed by atoms with Gasteiger partial charge in [-0.2, -0.15) is 0 Å². The number of hydrogen-bond donors (Lipinski definition) is 1. The van der Waals surface area contributed by atoms with Crippen molar-refractivity contribution in [1.82, 2.24) is 9.55 Å². The van der Waals surface area contributed by atoms with Gasteiger partial charge >= 0.3 is 5.69 Å². The van der Waals surface area contributed by atoms with Gasteiger partial charge in [0.2, 0.25) is 0 Å². The molecular weight excluding hydrogens is 252 g/mol. The fraction of sp³-hybridized carbons (Fsp3) is 0.667. The topological polar surface area (TPSA) is 82.6 Å². The van der Waals surface area contributed by atoms with Crippen LogP contribution in [0.15, 0.2) is 21.9 Å². The van der Waals surface area contributed by atoms with Crippen molar-refractivity contribution < 1.29 is 14.2 Å². The molecule has 1 aromatic rings. The van der Waals surface area contributed by atoms with Gasteiger partial charge in [-0.15, -0.1) is 0 Å². The van der Waals surface area contributed by atoms with Crippen LogP contribution in [-0.4, -0.2) is 33.7 Å². The Bertz CT molecular complexity index is 605. The van der Waals surface area contributed by atoms with E-state index in [-0.39, 0.29) is 18.3 Å². The van der Waals surface area contributed by atoms with E-state index < -0.39 is 23.3 Å². The van der Waals surface area contributed by atoms with Crippen molar-refractivity contribution in [2.75, 3.05) is 0 Å². The number of rotatable bonds is 1. The van der Waals surface area contributed by atoms with Gasteiger partial charge in [-0.05, 0) is 20.8 Å². The second-order valence-corrected chi connectivity index (χ2v) is 5.31. The van der Waals surface area contributed by atoms with Gasteiger partial charge in [0.25, 0.3) is 5.56 Å². The molecule has 1 aromatic heterocycles. The number of aromatic amines is 1. The van der Waals surface area contributed by atoms with Crippen LogP contribution in [0.3, 0.4) is 0 Å². The third-order valence-corrected chi connectivity index (χ3v) is 3.39. The van der Waals surface area contributed by atoms with E-state index in [1.54, 1.807) is 0 Å². The molecule has 0 saturated carbocycles. The predicted molar refractivity (Wildman–Crippen MR) is 64.7 cm³/mol. The van der Waals surface area contributed by atoms with Crippen LogP contribution in [0.25, 0.3) is 0 Å². The van der Waals surface area contributed by atoms with Crippen molar-refractivity contribution in [3.8, 4) is 0 Å². The molecule has 0 amide bonds. The molecule has 104 valence electrons. The van der Waals surface area contributed by atoms with E-state index in [2.05, 4.69) is 4.98 Å². The van der Waals surface area contributed by atoms with Gasteiger partial charge in [-0.25, -0.2) is 4.79 Å². The van der Waals surface area contributed by atoms with Crippen molar-refractivity contribution in [1.29, 1.82) is 0 Å². The second kappa shape index (κ2) is 4.03. The molecule has 2 aliphatic rings. The number of ether oxygens (including phenoxy) is 3. The van der Waals surface area contributed by atoms with Crippen LogP contribution in [0.5, 0.6) is 0 Å². The molecule has 3 rings (SSSR count). The van der Waals surface area contributed by atoms with Crippen LogP contribution in [0.1, 0.15) is 27.0 Å². The molecule has 2 fully saturated rings. The first-order valence-corrected chi connectivity index (χ1v) is 6.20. The van der Waals surface area contributed by atoms with E-state index in [9.17, 15) is 9.59 Å². The van der Waals surface area contributed by atoms with E-state index in [0.717, 1.165) is 0 Å². The largest absolute Gasteiger partial charge is 0.349 e. The average Bonchev–Trinajstić information content (AvgIpc) is 2.75. The van der Waals surface area contributed by atoms with E-state index in [1.165, 1.54) is 16.8 Å². The highest BCUT2D eigenvalue weighted by Crippen LogP contribution is 2.42. The molecule has 19 heavy (non-hydrogen) atoms. The van der Waals surface area contributed by atoms with Gasteiger partial charge in [-0.3, -0.25) is 14.3 Å². The maximum absolute atomic E-state index is 11.8. The molecule has 0 aliphatic carbocycles. The molecule has 2 saturated heterocycles. The van der Waals surface area contributed by atoms with Crippen molar-refractivity contribution in [3.63, 3.8) is 0 Å². The SMILES string of the molecule is CC1OC(n2ccc(=O)[nH]c2=O)C2OC(C)(C)OC12. The summed E-state index contributed by atoms with van der Waals surface area (Å²) >= 11 is 0. The summed E-state index contributed by atoms with van der Waals surface area (Å²) in [5.74, 6) is -0.697. The lowest BCUT2D eigenvalue weighted by Crippen LogP contribution is -2.37. The number of aromatic nitrogens is 2. The summed E-state index contributed by atoms with van der Waals surface area (Å²) in [7, 11) is 0. The van der Waals surface area contributed by atoms with Crippen molar-refractivity contribution >= 4 is 0 Å². The zero-order valence-corrected chi connectivity index (χ0v) is 11.0. The molecule has 0 spiro atoms. The lowest BCUT2D eigenvalue weighted by atomic mass is 10.1. The predicted octanol–water partition coefficient (Wildman–Crippen LogP) is -0.0260. The van der Waals surface area contributed by atoms with Gasteiger partial charge < -0.3 is 14.2 Å². The Morgan fingerprint density at radius 2 is 1.95 bits per heavy atom. The first-order chi connectivity index (χ1) is 8.87. The zero-order valence-electron chi connectivity index (χ0n) is 11.0. The van der Waals surface area contributed by atoms with E-state index in [4.69, 9.17) is 14.2 Å². The molecule has 0 radical (unpaired) electrons. The summed E-state index contributed by atoms with van der Waals surface area (Å²) in [6.45, 7) is 5.52. The number of H-pyrrole nitrogens is 1. The quantitative estimate of drug-likeness (QED) is 0.773. The Morgan fingerprint density at radius 1 is 1.26 bits per heavy atom. The number of hydrogen-bond acceptors (Lipinski definition) is 5. The number of nitrogens with zero attached hydrogens (tertiary/aromatic N) is 1. The van der Waals surface area contributed by atoms with E-state index >= 15 is 0 Å². The fourth-order valence-electron chi connectivity index (χ4n) is 2.63. The normalized spacial score (nSPS) is 36.4. The Kier molecular flexibility index (Phi) is 2.67. The van der Waals surface area contributed by atoms with Gasteiger partial charge in [0.1, 0.15) is 12.2 Å². The van der Waals surface area contributed by atoms with Crippen molar-refractivity contribution in [2.45, 2.75) is 51.1 Å². The highest BCUT2D eigenvalue weighted by atomic mass is 16.8. The van der Waals surface area contributed by atoms with Crippen LogP contribution in [0.4, 0.5) is 0 Å². The zero-order chi connectivity index (χ0) is 13.8. The van der Waals surface area contributed by atoms with Crippen LogP contribution in [-0.2, 0) is 14.2 Å². The number of nitrogens with one attached hydrogen (secondary N) is 1. The van der Waals surface area contributed by atoms with E-state index in [1.807, 2.05) is 20.8 Å². The summed E-state index contributed by atoms with van der Waals surface area (Å²) in [4.78, 5) is 25.1. The maximum atomic E-state index is 11.8. The molecule has 1 N–H and O–H groups in total. The molecule has 4 unspecified atom stereocenters. The molecule has 4 atom stereocenters. The van der Waals surface area contributed by atoms with E-state index in [0.29, 0.717) is 0 Å². The van der Waals surface area contributed by atoms with Crippen LogP contribution >= 0.6 is 0 Å². The van der Waals surface area contributed by atoms with Gasteiger partial charge in [0.15, 0.2) is 12.0 Å². The third-order valence-electron chi connectivity index (χ3n) is 3.39. The van der Waals surface area contributed by atoms with Crippen LogP contribution in [0.2, 0.25) is 0 Å². The summed E-state index contributed by atoms with van der Waals surface area (Å²) < 4.78 is 18.6. The third kappa shape index (κ3) is 2.03. The minimum absolute atomic E-state index is 0.185. The molecule has 0 aromatic carbocycles. The molecule has 2 aliphatic heterocycles. The lowest BCUT2D eigenvalue weighted by Gasteiger charge is -2.23. The molecule has 3 heterocycles. The summed E-state index contributed by atoms with van der Waals surface area (Å²) in [5.41, 5.74) is -0.952. The first kappa shape index (κ1) is 12.6. The first-order valence-electron chi connectivity index (χ1n) is 6.20. The van der Waals surface area contributed by atoms with Gasteiger partial charge in [-0.1, -0.05) is 0 Å². The second-order valence-electron chi connectivity index (χ2n) is 5.31. The van der Waals surface area contributed by atoms with Crippen molar-refractivity contribution in [2.24, 2.45) is 0 Å². The lowest BCUT2D eigenvalue weighted by molar-refractivity contribution is -0.195. The molecular formula is C12H16N2O5. The monoisotopic (exact) mass is 268 g/mol. The number of fused-ring (bicyclic) bond motifs is 1. The fourth-order valence-corrected chi connectivity index (χ4v) is 2.63.